The lowest BCUT2D eigenvalue weighted by molar-refractivity contribution is -0.385. The van der Waals surface area contributed by atoms with Gasteiger partial charge in [-0.1, -0.05) is 0 Å². The van der Waals surface area contributed by atoms with E-state index in [0.717, 1.165) is 30.3 Å². The monoisotopic (exact) mass is 422 g/mol. The van der Waals surface area contributed by atoms with Crippen LogP contribution in [0.25, 0.3) is 0 Å². The average molecular weight is 422 g/mol. The van der Waals surface area contributed by atoms with Crippen LogP contribution in [0, 0.1) is 21.4 Å². The number of alkyl halides is 3. The molecule has 8 nitrogen and oxygen atoms in total. The van der Waals surface area contributed by atoms with Crippen LogP contribution in [0.5, 0.6) is 11.5 Å². The van der Waals surface area contributed by atoms with Gasteiger partial charge in [0.05, 0.1) is 29.3 Å². The molecule has 1 atom stereocenters. The smallest absolute Gasteiger partial charge is 0.416 e. The summed E-state index contributed by atoms with van der Waals surface area (Å²) in [4.78, 5) is 22.9. The number of carbonyl (C=O) groups is 1. The van der Waals surface area contributed by atoms with Crippen molar-refractivity contribution in [1.29, 1.82) is 5.26 Å². The predicted molar refractivity (Wildman–Crippen MR) is 94.0 cm³/mol. The van der Waals surface area contributed by atoms with Gasteiger partial charge in [-0.25, -0.2) is 4.79 Å². The number of nitriles is 1. The number of halogens is 3. The van der Waals surface area contributed by atoms with Crippen LogP contribution in [0.15, 0.2) is 36.4 Å². The van der Waals surface area contributed by atoms with Crippen molar-refractivity contribution >= 4 is 11.7 Å². The maximum atomic E-state index is 12.8. The van der Waals surface area contributed by atoms with E-state index in [1.54, 1.807) is 6.07 Å². The fraction of sp³-hybridized carbons (Fsp3) is 0.263. The van der Waals surface area contributed by atoms with Crippen molar-refractivity contribution in [3.63, 3.8) is 0 Å². The first-order valence-electron chi connectivity index (χ1n) is 8.55. The predicted octanol–water partition coefficient (Wildman–Crippen LogP) is 4.22. The van der Waals surface area contributed by atoms with Crippen molar-refractivity contribution in [2.75, 3.05) is 13.2 Å². The molecular formula is C19H13F3N2O6. The van der Waals surface area contributed by atoms with Crippen LogP contribution >= 0.6 is 0 Å². The van der Waals surface area contributed by atoms with Crippen LogP contribution in [0.2, 0.25) is 0 Å². The van der Waals surface area contributed by atoms with Crippen molar-refractivity contribution in [2.45, 2.75) is 18.7 Å². The summed E-state index contributed by atoms with van der Waals surface area (Å²) >= 11 is 0. The largest absolute Gasteiger partial charge is 0.456 e. The number of nitro groups is 1. The van der Waals surface area contributed by atoms with Crippen molar-refractivity contribution in [3.05, 3.63) is 63.2 Å². The fourth-order valence-electron chi connectivity index (χ4n) is 2.73. The second kappa shape index (κ2) is 8.38. The van der Waals surface area contributed by atoms with Gasteiger partial charge in [0.2, 0.25) is 0 Å². The maximum Gasteiger partial charge on any atom is 0.416 e. The molecule has 0 aliphatic carbocycles. The summed E-state index contributed by atoms with van der Waals surface area (Å²) in [5.74, 6) is -1.26. The molecule has 1 aliphatic rings. The standard InChI is InChI=1S/C19H13F3N2O6/c20-19(21,22)12-1-4-17(11(7-12)9-23)29-13-2-3-16(24(26)27)15(8-13)18(25)30-14-5-6-28-10-14/h1-4,7-8,14H,5-6,10H2. The fourth-order valence-corrected chi connectivity index (χ4v) is 2.73. The third-order valence-electron chi connectivity index (χ3n) is 4.20. The lowest BCUT2D eigenvalue weighted by Gasteiger charge is -2.13. The number of rotatable bonds is 5. The highest BCUT2D eigenvalue weighted by Gasteiger charge is 2.31. The summed E-state index contributed by atoms with van der Waals surface area (Å²) in [6.07, 6.45) is -4.73. The molecule has 11 heteroatoms. The zero-order valence-electron chi connectivity index (χ0n) is 15.1. The van der Waals surface area contributed by atoms with E-state index in [4.69, 9.17) is 19.5 Å². The Morgan fingerprint density at radius 2 is 2.03 bits per heavy atom. The van der Waals surface area contributed by atoms with Crippen LogP contribution in [0.4, 0.5) is 18.9 Å². The van der Waals surface area contributed by atoms with Gasteiger partial charge in [-0.2, -0.15) is 18.4 Å². The molecule has 0 spiro atoms. The van der Waals surface area contributed by atoms with Crippen LogP contribution in [-0.4, -0.2) is 30.2 Å². The van der Waals surface area contributed by atoms with Crippen LogP contribution in [0.3, 0.4) is 0 Å². The van der Waals surface area contributed by atoms with E-state index >= 15 is 0 Å². The van der Waals surface area contributed by atoms with Gasteiger partial charge in [0.15, 0.2) is 0 Å². The van der Waals surface area contributed by atoms with Crippen LogP contribution in [-0.2, 0) is 15.7 Å². The molecule has 1 saturated heterocycles. The molecule has 2 aromatic rings. The second-order valence-corrected chi connectivity index (χ2v) is 6.25. The van der Waals surface area contributed by atoms with Gasteiger partial charge in [0.1, 0.15) is 29.2 Å². The number of hydrogen-bond donors (Lipinski definition) is 0. The van der Waals surface area contributed by atoms with E-state index in [2.05, 4.69) is 0 Å². The first-order chi connectivity index (χ1) is 14.2. The van der Waals surface area contributed by atoms with E-state index in [1.165, 1.54) is 0 Å². The normalized spacial score (nSPS) is 16.0. The zero-order valence-corrected chi connectivity index (χ0v) is 15.1. The summed E-state index contributed by atoms with van der Waals surface area (Å²) in [5, 5.41) is 20.4. The highest BCUT2D eigenvalue weighted by atomic mass is 19.4. The molecule has 1 unspecified atom stereocenters. The minimum atomic E-state index is -4.64. The molecule has 0 N–H and O–H groups in total. The Morgan fingerprint density at radius 1 is 1.27 bits per heavy atom. The zero-order chi connectivity index (χ0) is 21.9. The molecule has 0 bridgehead atoms. The lowest BCUT2D eigenvalue weighted by atomic mass is 10.1. The third kappa shape index (κ3) is 4.66. The molecule has 0 saturated carbocycles. The number of ether oxygens (including phenoxy) is 3. The Morgan fingerprint density at radius 3 is 2.63 bits per heavy atom. The van der Waals surface area contributed by atoms with Gasteiger partial charge in [0.25, 0.3) is 5.69 Å². The number of nitrogens with zero attached hydrogens (tertiary/aromatic N) is 2. The summed E-state index contributed by atoms with van der Waals surface area (Å²) in [7, 11) is 0. The highest BCUT2D eigenvalue weighted by Crippen LogP contribution is 2.35. The first-order valence-corrected chi connectivity index (χ1v) is 8.55. The molecule has 1 fully saturated rings. The van der Waals surface area contributed by atoms with E-state index in [-0.39, 0.29) is 18.1 Å². The number of esters is 1. The van der Waals surface area contributed by atoms with E-state index in [9.17, 15) is 28.1 Å². The Balaban J connectivity index is 1.91. The Labute approximate surface area is 167 Å². The van der Waals surface area contributed by atoms with Gasteiger partial charge in [0, 0.05) is 18.6 Å². The van der Waals surface area contributed by atoms with Gasteiger partial charge < -0.3 is 14.2 Å². The highest BCUT2D eigenvalue weighted by molar-refractivity contribution is 5.94. The number of benzene rings is 2. The van der Waals surface area contributed by atoms with Crippen molar-refractivity contribution < 1.29 is 37.1 Å². The van der Waals surface area contributed by atoms with Gasteiger partial charge in [-0.3, -0.25) is 10.1 Å². The van der Waals surface area contributed by atoms with Gasteiger partial charge in [-0.15, -0.1) is 0 Å². The third-order valence-corrected chi connectivity index (χ3v) is 4.20. The van der Waals surface area contributed by atoms with Crippen molar-refractivity contribution in [2.24, 2.45) is 0 Å². The molecule has 0 aromatic heterocycles. The summed E-state index contributed by atoms with van der Waals surface area (Å²) < 4.78 is 54.1. The number of hydrogen-bond acceptors (Lipinski definition) is 7. The molecule has 1 heterocycles. The minimum Gasteiger partial charge on any atom is -0.456 e. The quantitative estimate of drug-likeness (QED) is 0.403. The van der Waals surface area contributed by atoms with Crippen LogP contribution in [0.1, 0.15) is 27.9 Å². The average Bonchev–Trinajstić information content (AvgIpc) is 3.20. The molecule has 0 amide bonds. The summed E-state index contributed by atoms with van der Waals surface area (Å²) in [5.41, 5.74) is -2.34. The van der Waals surface area contributed by atoms with Crippen molar-refractivity contribution in [1.82, 2.24) is 0 Å². The molecule has 0 radical (unpaired) electrons. The van der Waals surface area contributed by atoms with E-state index < -0.39 is 45.6 Å². The van der Waals surface area contributed by atoms with Gasteiger partial charge in [-0.05, 0) is 24.3 Å². The van der Waals surface area contributed by atoms with E-state index in [1.807, 2.05) is 0 Å². The topological polar surface area (TPSA) is 112 Å². The second-order valence-electron chi connectivity index (χ2n) is 6.25. The Hall–Kier alpha value is -3.65. The van der Waals surface area contributed by atoms with Crippen molar-refractivity contribution in [3.8, 4) is 17.6 Å². The summed E-state index contributed by atoms with van der Waals surface area (Å²) in [6, 6.07) is 7.12. The van der Waals surface area contributed by atoms with Gasteiger partial charge >= 0.3 is 12.1 Å². The Kier molecular flexibility index (Phi) is 5.89. The molecule has 3 rings (SSSR count). The SMILES string of the molecule is N#Cc1cc(C(F)(F)F)ccc1Oc1ccc([N+](=O)[O-])c(C(=O)OC2CCOC2)c1. The molecule has 156 valence electrons. The summed E-state index contributed by atoms with van der Waals surface area (Å²) in [6.45, 7) is 0.570. The molecular weight excluding hydrogens is 409 g/mol. The minimum absolute atomic E-state index is 0.0912. The number of carbonyl (C=O) groups excluding carboxylic acids is 1. The van der Waals surface area contributed by atoms with E-state index in [0.29, 0.717) is 19.1 Å². The Bertz CT molecular complexity index is 1030. The molecule has 1 aliphatic heterocycles. The first kappa shape index (κ1) is 21.1. The molecule has 2 aromatic carbocycles. The number of nitro benzene ring substituents is 1. The maximum absolute atomic E-state index is 12.8. The molecule has 30 heavy (non-hydrogen) atoms. The lowest BCUT2D eigenvalue weighted by Crippen LogP contribution is -2.19. The van der Waals surface area contributed by atoms with Crippen LogP contribution < -0.4 is 4.74 Å².